The molecule has 3 heterocycles. The minimum atomic E-state index is -2.46. The standard InChI is InChI=1S/C25H27F2N5OS/c1-16(17-5-3-2-4-6-17)30-25-31-21-8-7-19(12-23(21)34-25)33-20-9-10-28-22(11-20)18-13-29-32(14-18)15-24(26)27/h7-14,16-17,24H,2-6,15H2,1H3,(H,30,31)/t16-/m0/s1. The van der Waals surface area contributed by atoms with E-state index in [9.17, 15) is 8.78 Å². The predicted molar refractivity (Wildman–Crippen MR) is 131 cm³/mol. The molecule has 1 aliphatic rings. The molecule has 0 saturated heterocycles. The zero-order valence-corrected chi connectivity index (χ0v) is 19.8. The highest BCUT2D eigenvalue weighted by atomic mass is 32.1. The van der Waals surface area contributed by atoms with E-state index in [0.29, 0.717) is 34.7 Å². The zero-order chi connectivity index (χ0) is 23.5. The number of pyridine rings is 1. The van der Waals surface area contributed by atoms with Gasteiger partial charge in [-0.1, -0.05) is 30.6 Å². The van der Waals surface area contributed by atoms with Crippen LogP contribution < -0.4 is 10.1 Å². The number of benzene rings is 1. The molecule has 1 fully saturated rings. The first-order valence-corrected chi connectivity index (χ1v) is 12.5. The van der Waals surface area contributed by atoms with Crippen molar-refractivity contribution in [3.05, 3.63) is 48.9 Å². The van der Waals surface area contributed by atoms with Crippen molar-refractivity contribution >= 4 is 26.7 Å². The van der Waals surface area contributed by atoms with E-state index in [2.05, 4.69) is 22.3 Å². The maximum atomic E-state index is 12.6. The van der Waals surface area contributed by atoms with Crippen LogP contribution in [0.2, 0.25) is 0 Å². The van der Waals surface area contributed by atoms with E-state index in [-0.39, 0.29) is 0 Å². The van der Waals surface area contributed by atoms with Crippen molar-refractivity contribution in [1.29, 1.82) is 0 Å². The summed E-state index contributed by atoms with van der Waals surface area (Å²) in [7, 11) is 0. The van der Waals surface area contributed by atoms with Gasteiger partial charge in [0, 0.05) is 36.1 Å². The predicted octanol–water partition coefficient (Wildman–Crippen LogP) is 6.99. The van der Waals surface area contributed by atoms with E-state index in [1.165, 1.54) is 43.0 Å². The molecule has 0 aliphatic heterocycles. The second kappa shape index (κ2) is 10.0. The molecule has 1 saturated carbocycles. The Morgan fingerprint density at radius 2 is 1.97 bits per heavy atom. The monoisotopic (exact) mass is 483 g/mol. The first kappa shape index (κ1) is 22.7. The number of alkyl halides is 2. The molecule has 0 bridgehead atoms. The molecule has 1 aliphatic carbocycles. The number of anilines is 1. The Morgan fingerprint density at radius 1 is 1.15 bits per heavy atom. The van der Waals surface area contributed by atoms with Crippen molar-refractivity contribution < 1.29 is 13.5 Å². The minimum Gasteiger partial charge on any atom is -0.457 e. The number of hydrogen-bond donors (Lipinski definition) is 1. The van der Waals surface area contributed by atoms with Crippen LogP contribution in [0.5, 0.6) is 11.5 Å². The molecular weight excluding hydrogens is 456 g/mol. The van der Waals surface area contributed by atoms with Crippen molar-refractivity contribution in [3.63, 3.8) is 0 Å². The van der Waals surface area contributed by atoms with Crippen LogP contribution in [0.4, 0.5) is 13.9 Å². The molecule has 0 spiro atoms. The van der Waals surface area contributed by atoms with Crippen LogP contribution in [-0.4, -0.2) is 32.2 Å². The number of halogens is 2. The number of rotatable bonds is 8. The summed E-state index contributed by atoms with van der Waals surface area (Å²) in [6.07, 6.45) is 8.85. The number of fused-ring (bicyclic) bond motifs is 1. The Labute approximate surface area is 201 Å². The Morgan fingerprint density at radius 3 is 2.79 bits per heavy atom. The van der Waals surface area contributed by atoms with Crippen molar-refractivity contribution in [2.24, 2.45) is 5.92 Å². The van der Waals surface area contributed by atoms with E-state index in [1.54, 1.807) is 35.9 Å². The van der Waals surface area contributed by atoms with Crippen molar-refractivity contribution in [2.75, 3.05) is 5.32 Å². The van der Waals surface area contributed by atoms with Crippen LogP contribution in [0.1, 0.15) is 39.0 Å². The molecule has 0 radical (unpaired) electrons. The molecule has 4 aromatic rings. The zero-order valence-electron chi connectivity index (χ0n) is 19.0. The van der Waals surface area contributed by atoms with E-state index >= 15 is 0 Å². The lowest BCUT2D eigenvalue weighted by molar-refractivity contribution is 0.122. The van der Waals surface area contributed by atoms with Gasteiger partial charge in [-0.3, -0.25) is 9.67 Å². The number of nitrogens with one attached hydrogen (secondary N) is 1. The molecule has 6 nitrogen and oxygen atoms in total. The summed E-state index contributed by atoms with van der Waals surface area (Å²) in [5, 5.41) is 8.53. The van der Waals surface area contributed by atoms with Gasteiger partial charge in [0.25, 0.3) is 6.43 Å². The number of aromatic nitrogens is 4. The van der Waals surface area contributed by atoms with Crippen LogP contribution >= 0.6 is 11.3 Å². The summed E-state index contributed by atoms with van der Waals surface area (Å²) >= 11 is 1.64. The Hall–Kier alpha value is -3.07. The second-order valence-electron chi connectivity index (χ2n) is 8.80. The second-order valence-corrected chi connectivity index (χ2v) is 9.83. The molecule has 1 aromatic carbocycles. The summed E-state index contributed by atoms with van der Waals surface area (Å²) in [4.78, 5) is 9.08. The molecule has 1 N–H and O–H groups in total. The summed E-state index contributed by atoms with van der Waals surface area (Å²) in [5.41, 5.74) is 2.21. The van der Waals surface area contributed by atoms with E-state index < -0.39 is 13.0 Å². The first-order chi connectivity index (χ1) is 16.5. The van der Waals surface area contributed by atoms with E-state index in [1.807, 2.05) is 18.2 Å². The number of ether oxygens (including phenoxy) is 1. The van der Waals surface area contributed by atoms with Crippen molar-refractivity contribution in [1.82, 2.24) is 19.7 Å². The fourth-order valence-electron chi connectivity index (χ4n) is 4.48. The van der Waals surface area contributed by atoms with Gasteiger partial charge in [0.1, 0.15) is 18.0 Å². The summed E-state index contributed by atoms with van der Waals surface area (Å²) in [6.45, 7) is 1.82. The van der Waals surface area contributed by atoms with Gasteiger partial charge in [-0.15, -0.1) is 0 Å². The molecular formula is C25H27F2N5OS. The molecule has 0 unspecified atom stereocenters. The number of nitrogens with zero attached hydrogens (tertiary/aromatic N) is 4. The SMILES string of the molecule is C[C@H](Nc1nc2ccc(Oc3ccnc(-c4cnn(CC(F)F)c4)c3)cc2s1)C1CCCCC1. The summed E-state index contributed by atoms with van der Waals surface area (Å²) < 4.78 is 33.5. The summed E-state index contributed by atoms with van der Waals surface area (Å²) in [5.74, 6) is 2.02. The number of hydrogen-bond acceptors (Lipinski definition) is 6. The largest absolute Gasteiger partial charge is 0.457 e. The van der Waals surface area contributed by atoms with E-state index in [0.717, 1.165) is 15.3 Å². The Kier molecular flexibility index (Phi) is 6.71. The van der Waals surface area contributed by atoms with Crippen LogP contribution in [0.3, 0.4) is 0 Å². The average Bonchev–Trinajstić information content (AvgIpc) is 3.45. The fraction of sp³-hybridized carbons (Fsp3) is 0.400. The van der Waals surface area contributed by atoms with Gasteiger partial charge in [0.2, 0.25) is 0 Å². The molecule has 9 heteroatoms. The van der Waals surface area contributed by atoms with Gasteiger partial charge in [-0.05, 0) is 43.9 Å². The maximum Gasteiger partial charge on any atom is 0.257 e. The topological polar surface area (TPSA) is 64.9 Å². The molecule has 1 atom stereocenters. The molecule has 178 valence electrons. The Bertz CT molecular complexity index is 1250. The molecule has 3 aromatic heterocycles. The van der Waals surface area contributed by atoms with Gasteiger partial charge in [0.05, 0.1) is 22.1 Å². The first-order valence-electron chi connectivity index (χ1n) is 11.7. The average molecular weight is 484 g/mol. The molecule has 34 heavy (non-hydrogen) atoms. The van der Waals surface area contributed by atoms with Gasteiger partial charge in [0.15, 0.2) is 5.13 Å². The smallest absolute Gasteiger partial charge is 0.257 e. The van der Waals surface area contributed by atoms with Gasteiger partial charge in [-0.25, -0.2) is 13.8 Å². The lowest BCUT2D eigenvalue weighted by Gasteiger charge is -2.28. The highest BCUT2D eigenvalue weighted by Gasteiger charge is 2.21. The minimum absolute atomic E-state index is 0.414. The van der Waals surface area contributed by atoms with Crippen LogP contribution in [0, 0.1) is 5.92 Å². The maximum absolute atomic E-state index is 12.6. The quantitative estimate of drug-likeness (QED) is 0.292. The fourth-order valence-corrected chi connectivity index (χ4v) is 5.47. The van der Waals surface area contributed by atoms with Crippen LogP contribution in [0.15, 0.2) is 48.9 Å². The highest BCUT2D eigenvalue weighted by molar-refractivity contribution is 7.22. The van der Waals surface area contributed by atoms with Crippen molar-refractivity contribution in [3.8, 4) is 22.8 Å². The van der Waals surface area contributed by atoms with Crippen molar-refractivity contribution in [2.45, 2.75) is 58.0 Å². The van der Waals surface area contributed by atoms with Gasteiger partial charge in [-0.2, -0.15) is 5.10 Å². The highest BCUT2D eigenvalue weighted by Crippen LogP contribution is 2.34. The third-order valence-corrected chi connectivity index (χ3v) is 7.24. The Balaban J connectivity index is 1.28. The van der Waals surface area contributed by atoms with Crippen LogP contribution in [-0.2, 0) is 6.54 Å². The molecule has 5 rings (SSSR count). The third-order valence-electron chi connectivity index (χ3n) is 6.29. The van der Waals surface area contributed by atoms with E-state index in [4.69, 9.17) is 9.72 Å². The summed E-state index contributed by atoms with van der Waals surface area (Å²) in [6, 6.07) is 9.81. The van der Waals surface area contributed by atoms with Gasteiger partial charge >= 0.3 is 0 Å². The lowest BCUT2D eigenvalue weighted by Crippen LogP contribution is -2.27. The number of thiazole rings is 1. The molecule has 0 amide bonds. The van der Waals surface area contributed by atoms with Crippen LogP contribution in [0.25, 0.3) is 21.5 Å². The van der Waals surface area contributed by atoms with Gasteiger partial charge < -0.3 is 10.1 Å². The third kappa shape index (κ3) is 5.35. The lowest BCUT2D eigenvalue weighted by atomic mass is 9.85. The normalized spacial score (nSPS) is 15.6.